The zero-order valence-electron chi connectivity index (χ0n) is 10.1. The van der Waals surface area contributed by atoms with Gasteiger partial charge in [0.2, 0.25) is 0 Å². The van der Waals surface area contributed by atoms with Crippen LogP contribution in [-0.2, 0) is 6.42 Å². The molecule has 0 atom stereocenters. The SMILES string of the molecule is C[N+](C)(C)CCc1ccccc1.O=C(O)O. The van der Waals surface area contributed by atoms with E-state index in [2.05, 4.69) is 51.5 Å². The van der Waals surface area contributed by atoms with E-state index in [0.717, 1.165) is 4.48 Å². The van der Waals surface area contributed by atoms with Crippen LogP contribution in [0.1, 0.15) is 5.56 Å². The Labute approximate surface area is 96.3 Å². The van der Waals surface area contributed by atoms with Crippen molar-refractivity contribution in [3.05, 3.63) is 35.9 Å². The third-order valence-corrected chi connectivity index (χ3v) is 1.91. The largest absolute Gasteiger partial charge is 0.503 e. The fourth-order valence-corrected chi connectivity index (χ4v) is 1.11. The first-order valence-corrected chi connectivity index (χ1v) is 5.07. The van der Waals surface area contributed by atoms with Gasteiger partial charge in [0.1, 0.15) is 0 Å². The van der Waals surface area contributed by atoms with Crippen molar-refractivity contribution in [2.24, 2.45) is 0 Å². The van der Waals surface area contributed by atoms with Gasteiger partial charge in [0, 0.05) is 6.42 Å². The molecule has 0 heterocycles. The Hall–Kier alpha value is -1.55. The molecular formula is C12H20NO3+. The molecule has 0 unspecified atom stereocenters. The van der Waals surface area contributed by atoms with Gasteiger partial charge in [0.15, 0.2) is 0 Å². The van der Waals surface area contributed by atoms with Crippen LogP contribution in [-0.4, -0.2) is 48.5 Å². The molecule has 0 spiro atoms. The molecule has 0 aliphatic heterocycles. The Morgan fingerprint density at radius 1 is 1.12 bits per heavy atom. The second-order valence-corrected chi connectivity index (χ2v) is 4.53. The summed E-state index contributed by atoms with van der Waals surface area (Å²) >= 11 is 0. The molecule has 1 aromatic rings. The number of hydrogen-bond donors (Lipinski definition) is 2. The maximum Gasteiger partial charge on any atom is 0.503 e. The zero-order chi connectivity index (χ0) is 12.6. The molecule has 90 valence electrons. The lowest BCUT2D eigenvalue weighted by atomic mass is 10.1. The van der Waals surface area contributed by atoms with Gasteiger partial charge < -0.3 is 14.7 Å². The Morgan fingerprint density at radius 3 is 1.94 bits per heavy atom. The van der Waals surface area contributed by atoms with Crippen LogP contribution in [0.5, 0.6) is 0 Å². The number of likely N-dealkylation sites (N-methyl/N-ethyl adjacent to an activating group) is 1. The minimum atomic E-state index is -1.83. The van der Waals surface area contributed by atoms with Gasteiger partial charge in [-0.15, -0.1) is 0 Å². The van der Waals surface area contributed by atoms with Gasteiger partial charge in [0.05, 0.1) is 27.7 Å². The van der Waals surface area contributed by atoms with Gasteiger partial charge in [0.25, 0.3) is 0 Å². The number of carbonyl (C=O) groups is 1. The Bertz CT molecular complexity index is 300. The highest BCUT2D eigenvalue weighted by Crippen LogP contribution is 2.02. The summed E-state index contributed by atoms with van der Waals surface area (Å²) in [5.74, 6) is 0. The van der Waals surface area contributed by atoms with Gasteiger partial charge in [-0.25, -0.2) is 4.79 Å². The summed E-state index contributed by atoms with van der Waals surface area (Å²) in [5, 5.41) is 13.9. The van der Waals surface area contributed by atoms with E-state index in [0.29, 0.717) is 0 Å². The van der Waals surface area contributed by atoms with Gasteiger partial charge in [-0.2, -0.15) is 0 Å². The van der Waals surface area contributed by atoms with Crippen LogP contribution in [0, 0.1) is 0 Å². The molecule has 1 rings (SSSR count). The summed E-state index contributed by atoms with van der Waals surface area (Å²) < 4.78 is 1.04. The lowest BCUT2D eigenvalue weighted by molar-refractivity contribution is -0.870. The summed E-state index contributed by atoms with van der Waals surface area (Å²) in [5.41, 5.74) is 1.44. The van der Waals surface area contributed by atoms with Crippen LogP contribution < -0.4 is 0 Å². The monoisotopic (exact) mass is 226 g/mol. The lowest BCUT2D eigenvalue weighted by Crippen LogP contribution is -2.36. The highest BCUT2D eigenvalue weighted by atomic mass is 16.6. The molecule has 1 aromatic carbocycles. The predicted molar refractivity (Wildman–Crippen MR) is 63.7 cm³/mol. The third-order valence-electron chi connectivity index (χ3n) is 1.91. The molecule has 0 aliphatic carbocycles. The molecule has 0 fully saturated rings. The van der Waals surface area contributed by atoms with Crippen molar-refractivity contribution < 1.29 is 19.5 Å². The van der Waals surface area contributed by atoms with Crippen molar-refractivity contribution in [3.8, 4) is 0 Å². The molecule has 4 heteroatoms. The fraction of sp³-hybridized carbons (Fsp3) is 0.417. The second-order valence-electron chi connectivity index (χ2n) is 4.53. The summed E-state index contributed by atoms with van der Waals surface area (Å²) in [4.78, 5) is 8.56. The normalized spacial score (nSPS) is 10.2. The Balaban J connectivity index is 0.000000487. The molecule has 0 saturated carbocycles. The van der Waals surface area contributed by atoms with Crippen LogP contribution >= 0.6 is 0 Å². The smallest absolute Gasteiger partial charge is 0.450 e. The molecule has 0 saturated heterocycles. The standard InChI is InChI=1S/C11H18N.CH2O3/c1-12(2,3)10-9-11-7-5-4-6-8-11;2-1(3)4/h4-8H,9-10H2,1-3H3;(H2,2,3,4)/q+1;. The summed E-state index contributed by atoms with van der Waals surface area (Å²) in [6.07, 6.45) is -0.662. The van der Waals surface area contributed by atoms with Crippen LogP contribution in [0.25, 0.3) is 0 Å². The maximum atomic E-state index is 8.56. The quantitative estimate of drug-likeness (QED) is 0.776. The first-order chi connectivity index (χ1) is 7.31. The summed E-state index contributed by atoms with van der Waals surface area (Å²) in [7, 11) is 6.68. The lowest BCUT2D eigenvalue weighted by Gasteiger charge is -2.23. The van der Waals surface area contributed by atoms with Crippen molar-refractivity contribution in [3.63, 3.8) is 0 Å². The molecule has 16 heavy (non-hydrogen) atoms. The highest BCUT2D eigenvalue weighted by Gasteiger charge is 2.05. The second kappa shape index (κ2) is 6.85. The van der Waals surface area contributed by atoms with E-state index in [4.69, 9.17) is 15.0 Å². The van der Waals surface area contributed by atoms with Crippen LogP contribution in [0.4, 0.5) is 4.79 Å². The van der Waals surface area contributed by atoms with E-state index in [1.54, 1.807) is 0 Å². The Kier molecular flexibility index (Phi) is 6.18. The van der Waals surface area contributed by atoms with E-state index < -0.39 is 6.16 Å². The van der Waals surface area contributed by atoms with E-state index in [-0.39, 0.29) is 0 Å². The van der Waals surface area contributed by atoms with Crippen molar-refractivity contribution in [2.45, 2.75) is 6.42 Å². The molecule has 0 amide bonds. The van der Waals surface area contributed by atoms with Crippen molar-refractivity contribution in [1.29, 1.82) is 0 Å². The van der Waals surface area contributed by atoms with Gasteiger partial charge in [-0.05, 0) is 5.56 Å². The van der Waals surface area contributed by atoms with Crippen molar-refractivity contribution in [1.82, 2.24) is 0 Å². The molecule has 0 bridgehead atoms. The summed E-state index contributed by atoms with van der Waals surface area (Å²) in [6, 6.07) is 10.6. The number of nitrogens with zero attached hydrogens (tertiary/aromatic N) is 1. The predicted octanol–water partition coefficient (Wildman–Crippen LogP) is 2.16. The molecular weight excluding hydrogens is 206 g/mol. The number of carboxylic acid groups (broad SMARTS) is 2. The number of benzene rings is 1. The zero-order valence-corrected chi connectivity index (χ0v) is 10.1. The van der Waals surface area contributed by atoms with Crippen LogP contribution in [0.15, 0.2) is 30.3 Å². The molecule has 0 aliphatic rings. The number of hydrogen-bond acceptors (Lipinski definition) is 1. The van der Waals surface area contributed by atoms with Gasteiger partial charge in [-0.3, -0.25) is 0 Å². The average molecular weight is 226 g/mol. The van der Waals surface area contributed by atoms with Crippen molar-refractivity contribution in [2.75, 3.05) is 27.7 Å². The average Bonchev–Trinajstić information content (AvgIpc) is 2.14. The number of quaternary nitrogens is 1. The molecule has 4 nitrogen and oxygen atoms in total. The fourth-order valence-electron chi connectivity index (χ4n) is 1.11. The van der Waals surface area contributed by atoms with E-state index >= 15 is 0 Å². The Morgan fingerprint density at radius 2 is 1.56 bits per heavy atom. The van der Waals surface area contributed by atoms with Gasteiger partial charge in [-0.1, -0.05) is 30.3 Å². The summed E-state index contributed by atoms with van der Waals surface area (Å²) in [6.45, 7) is 1.20. The molecule has 0 aromatic heterocycles. The molecule has 0 radical (unpaired) electrons. The highest BCUT2D eigenvalue weighted by molar-refractivity contribution is 5.53. The van der Waals surface area contributed by atoms with Gasteiger partial charge >= 0.3 is 6.16 Å². The minimum absolute atomic E-state index is 1.04. The molecule has 2 N–H and O–H groups in total. The third kappa shape index (κ3) is 10.5. The minimum Gasteiger partial charge on any atom is -0.450 e. The topological polar surface area (TPSA) is 57.5 Å². The van der Waals surface area contributed by atoms with E-state index in [1.807, 2.05) is 0 Å². The van der Waals surface area contributed by atoms with Crippen LogP contribution in [0.3, 0.4) is 0 Å². The number of rotatable bonds is 3. The first kappa shape index (κ1) is 14.5. The van der Waals surface area contributed by atoms with E-state index in [1.165, 1.54) is 18.5 Å². The van der Waals surface area contributed by atoms with E-state index in [9.17, 15) is 0 Å². The maximum absolute atomic E-state index is 8.56. The van der Waals surface area contributed by atoms with Crippen LogP contribution in [0.2, 0.25) is 0 Å². The first-order valence-electron chi connectivity index (χ1n) is 5.07. The van der Waals surface area contributed by atoms with Crippen molar-refractivity contribution >= 4 is 6.16 Å².